The lowest BCUT2D eigenvalue weighted by molar-refractivity contribution is 0.241. The molecule has 0 fully saturated rings. The Labute approximate surface area is 162 Å². The van der Waals surface area contributed by atoms with Crippen LogP contribution >= 0.6 is 0 Å². The van der Waals surface area contributed by atoms with Crippen molar-refractivity contribution in [1.82, 2.24) is 5.32 Å². The minimum atomic E-state index is -0.588. The third-order valence-electron chi connectivity index (χ3n) is 4.54. The fraction of sp³-hybridized carbons (Fsp3) is 0.409. The van der Waals surface area contributed by atoms with Crippen LogP contribution in [-0.4, -0.2) is 20.3 Å². The van der Waals surface area contributed by atoms with Gasteiger partial charge in [0.05, 0.1) is 19.8 Å². The number of urea groups is 1. The van der Waals surface area contributed by atoms with Crippen LogP contribution in [0.15, 0.2) is 42.5 Å². The third-order valence-corrected chi connectivity index (χ3v) is 4.54. The van der Waals surface area contributed by atoms with Gasteiger partial charge in [0.25, 0.3) is 0 Å². The molecule has 2 aromatic rings. The van der Waals surface area contributed by atoms with Crippen molar-refractivity contribution in [3.8, 4) is 11.5 Å². The van der Waals surface area contributed by atoms with Gasteiger partial charge in [-0.1, -0.05) is 39.0 Å². The first-order valence-corrected chi connectivity index (χ1v) is 8.99. The number of amides is 2. The molecule has 0 aliphatic rings. The van der Waals surface area contributed by atoms with Crippen LogP contribution < -0.4 is 20.1 Å². The maximum atomic E-state index is 12.5. The number of ether oxygens (including phenoxy) is 2. The number of methoxy groups -OCH3 is 2. The average Bonchev–Trinajstić information content (AvgIpc) is 2.60. The van der Waals surface area contributed by atoms with E-state index in [1.807, 2.05) is 56.3 Å². The fourth-order valence-corrected chi connectivity index (χ4v) is 2.80. The molecule has 0 aromatic heterocycles. The highest BCUT2D eigenvalue weighted by molar-refractivity contribution is 5.89. The Morgan fingerprint density at radius 2 is 1.37 bits per heavy atom. The fourth-order valence-electron chi connectivity index (χ4n) is 2.80. The van der Waals surface area contributed by atoms with Gasteiger partial charge in [-0.2, -0.15) is 0 Å². The topological polar surface area (TPSA) is 59.6 Å². The van der Waals surface area contributed by atoms with E-state index in [2.05, 4.69) is 31.4 Å². The zero-order valence-corrected chi connectivity index (χ0v) is 17.3. The number of nitrogens with one attached hydrogen (secondary N) is 2. The molecular weight excluding hydrogens is 340 g/mol. The first kappa shape index (κ1) is 20.6. The lowest BCUT2D eigenvalue weighted by atomic mass is 9.87. The van der Waals surface area contributed by atoms with E-state index in [4.69, 9.17) is 9.47 Å². The van der Waals surface area contributed by atoms with E-state index in [0.29, 0.717) is 11.5 Å². The molecule has 0 spiro atoms. The standard InChI is InChI=1S/C22H30N2O3/c1-21(2,3)15-8-11-17(12-9-15)23-20(25)24-22(4,5)16-10-13-18(26-6)19(14-16)27-7/h8-14H,1-7H3,(H2,23,24,25). The van der Waals surface area contributed by atoms with Crippen molar-refractivity contribution in [2.45, 2.75) is 45.6 Å². The predicted molar refractivity (Wildman–Crippen MR) is 110 cm³/mol. The van der Waals surface area contributed by atoms with Crippen LogP contribution in [0, 0.1) is 0 Å². The quantitative estimate of drug-likeness (QED) is 0.773. The smallest absolute Gasteiger partial charge is 0.319 e. The monoisotopic (exact) mass is 370 g/mol. The summed E-state index contributed by atoms with van der Waals surface area (Å²) in [6.07, 6.45) is 0. The predicted octanol–water partition coefficient (Wildman–Crippen LogP) is 5.06. The number of anilines is 1. The second-order valence-corrected chi connectivity index (χ2v) is 8.10. The lowest BCUT2D eigenvalue weighted by Crippen LogP contribution is -2.43. The summed E-state index contributed by atoms with van der Waals surface area (Å²) in [6, 6.07) is 13.3. The van der Waals surface area contributed by atoms with E-state index < -0.39 is 5.54 Å². The molecule has 0 heterocycles. The van der Waals surface area contributed by atoms with Crippen molar-refractivity contribution < 1.29 is 14.3 Å². The second-order valence-electron chi connectivity index (χ2n) is 8.10. The molecule has 0 saturated carbocycles. The molecule has 0 aliphatic heterocycles. The summed E-state index contributed by atoms with van der Waals surface area (Å²) in [7, 11) is 3.19. The molecule has 0 bridgehead atoms. The molecule has 2 aromatic carbocycles. The average molecular weight is 370 g/mol. The normalized spacial score (nSPS) is 11.7. The van der Waals surface area contributed by atoms with Gasteiger partial charge in [-0.15, -0.1) is 0 Å². The summed E-state index contributed by atoms with van der Waals surface area (Å²) >= 11 is 0. The second kappa shape index (κ2) is 7.91. The highest BCUT2D eigenvalue weighted by Gasteiger charge is 2.24. The highest BCUT2D eigenvalue weighted by Crippen LogP contribution is 2.32. The summed E-state index contributed by atoms with van der Waals surface area (Å²) < 4.78 is 10.6. The lowest BCUT2D eigenvalue weighted by Gasteiger charge is -2.28. The van der Waals surface area contributed by atoms with Gasteiger partial charge < -0.3 is 20.1 Å². The first-order chi connectivity index (χ1) is 12.6. The van der Waals surface area contributed by atoms with E-state index in [9.17, 15) is 4.79 Å². The summed E-state index contributed by atoms with van der Waals surface area (Å²) in [6.45, 7) is 10.4. The molecule has 0 aliphatic carbocycles. The molecule has 0 atom stereocenters. The molecule has 0 radical (unpaired) electrons. The Morgan fingerprint density at radius 3 is 1.89 bits per heavy atom. The number of hydrogen-bond donors (Lipinski definition) is 2. The number of carbonyl (C=O) groups is 1. The molecule has 5 nitrogen and oxygen atoms in total. The number of rotatable bonds is 5. The largest absolute Gasteiger partial charge is 0.493 e. The van der Waals surface area contributed by atoms with Gasteiger partial charge in [-0.05, 0) is 54.7 Å². The van der Waals surface area contributed by atoms with Crippen molar-refractivity contribution in [1.29, 1.82) is 0 Å². The Hall–Kier alpha value is -2.69. The number of carbonyl (C=O) groups excluding carboxylic acids is 1. The highest BCUT2D eigenvalue weighted by atomic mass is 16.5. The van der Waals surface area contributed by atoms with Crippen LogP contribution in [0.25, 0.3) is 0 Å². The summed E-state index contributed by atoms with van der Waals surface area (Å²) in [5.74, 6) is 1.28. The van der Waals surface area contributed by atoms with E-state index in [0.717, 1.165) is 11.3 Å². The van der Waals surface area contributed by atoms with Gasteiger partial charge >= 0.3 is 6.03 Å². The van der Waals surface area contributed by atoms with E-state index in [1.165, 1.54) is 5.56 Å². The van der Waals surface area contributed by atoms with Crippen LogP contribution in [0.1, 0.15) is 45.7 Å². The minimum absolute atomic E-state index is 0.0796. The van der Waals surface area contributed by atoms with Crippen LogP contribution in [0.2, 0.25) is 0 Å². The van der Waals surface area contributed by atoms with Crippen molar-refractivity contribution >= 4 is 11.7 Å². The Morgan fingerprint density at radius 1 is 0.815 bits per heavy atom. The van der Waals surface area contributed by atoms with Crippen LogP contribution in [0.5, 0.6) is 11.5 Å². The molecule has 146 valence electrons. The van der Waals surface area contributed by atoms with Gasteiger partial charge in [0.1, 0.15) is 0 Å². The SMILES string of the molecule is COc1ccc(C(C)(C)NC(=O)Nc2ccc(C(C)(C)C)cc2)cc1OC. The molecule has 0 saturated heterocycles. The Bertz CT molecular complexity index is 790. The summed E-state index contributed by atoms with van der Waals surface area (Å²) in [5, 5.41) is 5.90. The summed E-state index contributed by atoms with van der Waals surface area (Å²) in [4.78, 5) is 12.5. The molecule has 2 amide bonds. The van der Waals surface area contributed by atoms with E-state index in [-0.39, 0.29) is 11.4 Å². The van der Waals surface area contributed by atoms with Gasteiger partial charge in [0, 0.05) is 5.69 Å². The number of benzene rings is 2. The molecule has 2 N–H and O–H groups in total. The van der Waals surface area contributed by atoms with Gasteiger partial charge in [0.15, 0.2) is 11.5 Å². The minimum Gasteiger partial charge on any atom is -0.493 e. The maximum absolute atomic E-state index is 12.5. The van der Waals surface area contributed by atoms with Crippen LogP contribution in [-0.2, 0) is 11.0 Å². The molecule has 2 rings (SSSR count). The molecule has 5 heteroatoms. The molecular formula is C22H30N2O3. The van der Waals surface area contributed by atoms with Crippen LogP contribution in [0.4, 0.5) is 10.5 Å². The van der Waals surface area contributed by atoms with E-state index in [1.54, 1.807) is 14.2 Å². The zero-order valence-electron chi connectivity index (χ0n) is 17.3. The zero-order chi connectivity index (χ0) is 20.2. The molecule has 27 heavy (non-hydrogen) atoms. The van der Waals surface area contributed by atoms with Crippen LogP contribution in [0.3, 0.4) is 0 Å². The first-order valence-electron chi connectivity index (χ1n) is 8.99. The Balaban J connectivity index is 2.10. The summed E-state index contributed by atoms with van der Waals surface area (Å²) in [5.41, 5.74) is 2.38. The van der Waals surface area contributed by atoms with Crippen molar-refractivity contribution in [2.75, 3.05) is 19.5 Å². The van der Waals surface area contributed by atoms with Gasteiger partial charge in [-0.3, -0.25) is 0 Å². The van der Waals surface area contributed by atoms with Gasteiger partial charge in [0.2, 0.25) is 0 Å². The number of hydrogen-bond acceptors (Lipinski definition) is 3. The van der Waals surface area contributed by atoms with Crippen molar-refractivity contribution in [3.63, 3.8) is 0 Å². The van der Waals surface area contributed by atoms with Crippen molar-refractivity contribution in [3.05, 3.63) is 53.6 Å². The van der Waals surface area contributed by atoms with Gasteiger partial charge in [-0.25, -0.2) is 4.79 Å². The van der Waals surface area contributed by atoms with E-state index >= 15 is 0 Å². The maximum Gasteiger partial charge on any atom is 0.319 e. The van der Waals surface area contributed by atoms with Crippen molar-refractivity contribution in [2.24, 2.45) is 0 Å². The Kier molecular flexibility index (Phi) is 6.04. The third kappa shape index (κ3) is 5.16. The molecule has 0 unspecified atom stereocenters.